The number of hydrogen-bond donors (Lipinski definition) is 1. The van der Waals surface area contributed by atoms with Gasteiger partial charge >= 0.3 is 12.1 Å². The molecule has 2 aromatic rings. The second kappa shape index (κ2) is 9.16. The number of esters is 1. The monoisotopic (exact) mass is 385 g/mol. The molecule has 0 unspecified atom stereocenters. The van der Waals surface area contributed by atoms with Crippen molar-refractivity contribution in [2.24, 2.45) is 0 Å². The molecule has 8 heteroatoms. The third-order valence-corrected chi connectivity index (χ3v) is 4.53. The van der Waals surface area contributed by atoms with Crippen molar-refractivity contribution in [3.8, 4) is 0 Å². The Kier molecular flexibility index (Phi) is 6.41. The highest BCUT2D eigenvalue weighted by molar-refractivity contribution is 5.92. The number of aromatic nitrogens is 1. The van der Waals surface area contributed by atoms with Gasteiger partial charge in [-0.2, -0.15) is 0 Å². The van der Waals surface area contributed by atoms with Crippen LogP contribution in [0.25, 0.3) is 10.9 Å². The minimum atomic E-state index is -0.641. The molecule has 1 aromatic heterocycles. The molecule has 148 valence electrons. The molecule has 0 aliphatic carbocycles. The molecule has 3 rings (SSSR count). The van der Waals surface area contributed by atoms with Gasteiger partial charge in [-0.15, -0.1) is 0 Å². The average molecular weight is 385 g/mol. The fourth-order valence-electron chi connectivity index (χ4n) is 3.08. The number of carbonyl (C=O) groups excluding carboxylic acids is 3. The summed E-state index contributed by atoms with van der Waals surface area (Å²) in [5.41, 5.74) is 0.851. The van der Waals surface area contributed by atoms with Crippen LogP contribution in [0.2, 0.25) is 0 Å². The molecule has 2 amide bonds. The van der Waals surface area contributed by atoms with E-state index in [1.54, 1.807) is 24.0 Å². The molecule has 1 aliphatic rings. The van der Waals surface area contributed by atoms with Gasteiger partial charge in [-0.1, -0.05) is 24.3 Å². The summed E-state index contributed by atoms with van der Waals surface area (Å²) >= 11 is 0. The van der Waals surface area contributed by atoms with Crippen LogP contribution in [0.1, 0.15) is 30.3 Å². The molecule has 1 aliphatic heterocycles. The van der Waals surface area contributed by atoms with Gasteiger partial charge in [0.15, 0.2) is 6.61 Å². The van der Waals surface area contributed by atoms with E-state index in [4.69, 9.17) is 9.47 Å². The van der Waals surface area contributed by atoms with E-state index in [2.05, 4.69) is 10.3 Å². The third kappa shape index (κ3) is 4.97. The SMILES string of the molecule is CCOC(=O)N1CCC(NC(=O)COC(=O)c2ccc3ccccc3n2)CC1. The van der Waals surface area contributed by atoms with Crippen molar-refractivity contribution in [3.63, 3.8) is 0 Å². The van der Waals surface area contributed by atoms with Crippen LogP contribution in [0.4, 0.5) is 4.79 Å². The van der Waals surface area contributed by atoms with E-state index < -0.39 is 5.97 Å². The first-order valence-electron chi connectivity index (χ1n) is 9.31. The van der Waals surface area contributed by atoms with Crippen molar-refractivity contribution in [1.29, 1.82) is 0 Å². The number of piperidine rings is 1. The lowest BCUT2D eigenvalue weighted by atomic mass is 10.1. The highest BCUT2D eigenvalue weighted by Crippen LogP contribution is 2.13. The summed E-state index contributed by atoms with van der Waals surface area (Å²) in [6.07, 6.45) is 0.930. The quantitative estimate of drug-likeness (QED) is 0.792. The molecule has 2 heterocycles. The summed E-state index contributed by atoms with van der Waals surface area (Å²) in [4.78, 5) is 41.8. The molecule has 0 saturated carbocycles. The third-order valence-electron chi connectivity index (χ3n) is 4.53. The number of nitrogens with one attached hydrogen (secondary N) is 1. The van der Waals surface area contributed by atoms with Gasteiger partial charge in [0.05, 0.1) is 12.1 Å². The van der Waals surface area contributed by atoms with E-state index >= 15 is 0 Å². The summed E-state index contributed by atoms with van der Waals surface area (Å²) in [5, 5.41) is 3.75. The highest BCUT2D eigenvalue weighted by Gasteiger charge is 2.24. The molecule has 0 bridgehead atoms. The Morgan fingerprint density at radius 1 is 1.11 bits per heavy atom. The molecule has 1 aromatic carbocycles. The fraction of sp³-hybridized carbons (Fsp3) is 0.400. The molecule has 0 radical (unpaired) electrons. The molecule has 1 saturated heterocycles. The maximum Gasteiger partial charge on any atom is 0.409 e. The minimum Gasteiger partial charge on any atom is -0.451 e. The molecular weight excluding hydrogens is 362 g/mol. The first-order chi connectivity index (χ1) is 13.6. The van der Waals surface area contributed by atoms with E-state index in [-0.39, 0.29) is 30.3 Å². The van der Waals surface area contributed by atoms with E-state index in [1.807, 2.05) is 24.3 Å². The van der Waals surface area contributed by atoms with Crippen LogP contribution >= 0.6 is 0 Å². The van der Waals surface area contributed by atoms with Crippen LogP contribution < -0.4 is 5.32 Å². The maximum atomic E-state index is 12.1. The van der Waals surface area contributed by atoms with Gasteiger partial charge in [-0.3, -0.25) is 4.79 Å². The molecule has 1 fully saturated rings. The highest BCUT2D eigenvalue weighted by atomic mass is 16.6. The largest absolute Gasteiger partial charge is 0.451 e. The smallest absolute Gasteiger partial charge is 0.409 e. The van der Waals surface area contributed by atoms with Crippen LogP contribution in [0, 0.1) is 0 Å². The molecule has 0 spiro atoms. The van der Waals surface area contributed by atoms with E-state index in [0.29, 0.717) is 38.1 Å². The van der Waals surface area contributed by atoms with Crippen molar-refractivity contribution in [3.05, 3.63) is 42.1 Å². The number of ether oxygens (including phenoxy) is 2. The molecule has 1 N–H and O–H groups in total. The van der Waals surface area contributed by atoms with E-state index in [1.165, 1.54) is 0 Å². The zero-order valence-electron chi connectivity index (χ0n) is 15.7. The van der Waals surface area contributed by atoms with Crippen molar-refractivity contribution >= 4 is 28.9 Å². The van der Waals surface area contributed by atoms with Gasteiger partial charge in [0.2, 0.25) is 0 Å². The van der Waals surface area contributed by atoms with Crippen LogP contribution in [-0.2, 0) is 14.3 Å². The number of hydrogen-bond acceptors (Lipinski definition) is 6. The Bertz CT molecular complexity index is 862. The van der Waals surface area contributed by atoms with Crippen molar-refractivity contribution < 1.29 is 23.9 Å². The predicted octanol–water partition coefficient (Wildman–Crippen LogP) is 2.13. The zero-order valence-corrected chi connectivity index (χ0v) is 15.7. The lowest BCUT2D eigenvalue weighted by Gasteiger charge is -2.31. The standard InChI is InChI=1S/C20H23N3O5/c1-2-27-20(26)23-11-9-15(10-12-23)21-18(24)13-28-19(25)17-8-7-14-5-3-4-6-16(14)22-17/h3-8,15H,2,9-13H2,1H3,(H,21,24). The Balaban J connectivity index is 1.44. The Hall–Kier alpha value is -3.16. The van der Waals surface area contributed by atoms with Crippen LogP contribution in [0.3, 0.4) is 0 Å². The minimum absolute atomic E-state index is 0.0596. The number of para-hydroxylation sites is 1. The Labute approximate surface area is 162 Å². The zero-order chi connectivity index (χ0) is 19.9. The first kappa shape index (κ1) is 19.6. The van der Waals surface area contributed by atoms with Gasteiger partial charge < -0.3 is 19.7 Å². The Morgan fingerprint density at radius 3 is 2.61 bits per heavy atom. The number of rotatable bonds is 5. The van der Waals surface area contributed by atoms with Crippen molar-refractivity contribution in [1.82, 2.24) is 15.2 Å². The van der Waals surface area contributed by atoms with Crippen LogP contribution in [0.5, 0.6) is 0 Å². The molecular formula is C20H23N3O5. The van der Waals surface area contributed by atoms with Gasteiger partial charge in [-0.25, -0.2) is 14.6 Å². The normalized spacial score (nSPS) is 14.5. The number of amides is 2. The number of pyridine rings is 1. The summed E-state index contributed by atoms with van der Waals surface area (Å²) in [5.74, 6) is -1.01. The maximum absolute atomic E-state index is 12.1. The topological polar surface area (TPSA) is 97.8 Å². The van der Waals surface area contributed by atoms with Crippen molar-refractivity contribution in [2.45, 2.75) is 25.8 Å². The van der Waals surface area contributed by atoms with Gasteiger partial charge in [-0.05, 0) is 31.9 Å². The van der Waals surface area contributed by atoms with E-state index in [9.17, 15) is 14.4 Å². The van der Waals surface area contributed by atoms with Gasteiger partial charge in [0.25, 0.3) is 5.91 Å². The molecule has 0 atom stereocenters. The number of fused-ring (bicyclic) bond motifs is 1. The second-order valence-electron chi connectivity index (χ2n) is 6.49. The molecule has 8 nitrogen and oxygen atoms in total. The Morgan fingerprint density at radius 2 is 1.86 bits per heavy atom. The number of nitrogens with zero attached hydrogens (tertiary/aromatic N) is 2. The lowest BCUT2D eigenvalue weighted by molar-refractivity contribution is -0.125. The number of benzene rings is 1. The van der Waals surface area contributed by atoms with Gasteiger partial charge in [0.1, 0.15) is 5.69 Å². The van der Waals surface area contributed by atoms with Crippen LogP contribution in [0.15, 0.2) is 36.4 Å². The predicted molar refractivity (Wildman–Crippen MR) is 102 cm³/mol. The van der Waals surface area contributed by atoms with Gasteiger partial charge in [0, 0.05) is 24.5 Å². The summed E-state index contributed by atoms with van der Waals surface area (Å²) < 4.78 is 10.0. The number of likely N-dealkylation sites (tertiary alicyclic amines) is 1. The molecule has 28 heavy (non-hydrogen) atoms. The summed E-state index contributed by atoms with van der Waals surface area (Å²) in [7, 11) is 0. The average Bonchev–Trinajstić information content (AvgIpc) is 2.72. The van der Waals surface area contributed by atoms with Crippen LogP contribution in [-0.4, -0.2) is 60.2 Å². The summed E-state index contributed by atoms with van der Waals surface area (Å²) in [6.45, 7) is 2.77. The number of carbonyl (C=O) groups is 3. The first-order valence-corrected chi connectivity index (χ1v) is 9.31. The lowest BCUT2D eigenvalue weighted by Crippen LogP contribution is -2.47. The van der Waals surface area contributed by atoms with E-state index in [0.717, 1.165) is 5.39 Å². The second-order valence-corrected chi connectivity index (χ2v) is 6.49. The fourth-order valence-corrected chi connectivity index (χ4v) is 3.08. The summed E-state index contributed by atoms with van der Waals surface area (Å²) in [6, 6.07) is 10.7. The van der Waals surface area contributed by atoms with Crippen molar-refractivity contribution in [2.75, 3.05) is 26.3 Å².